The van der Waals surface area contributed by atoms with Gasteiger partial charge in [0.05, 0.1) is 13.2 Å². The van der Waals surface area contributed by atoms with Gasteiger partial charge >= 0.3 is 11.9 Å². The van der Waals surface area contributed by atoms with Gasteiger partial charge in [-0.3, -0.25) is 4.79 Å². The van der Waals surface area contributed by atoms with Crippen LogP contribution in [-0.2, 0) is 19.1 Å². The highest BCUT2D eigenvalue weighted by atomic mass is 16.5. The summed E-state index contributed by atoms with van der Waals surface area (Å²) in [5, 5.41) is 0. The van der Waals surface area contributed by atoms with Gasteiger partial charge in [-0.1, -0.05) is 6.58 Å². The standard InChI is InChI=1S/C6H8O2.C5H8O2/c1-5-3-2-4-8-6(5)7;6-5-3-1-2-4-7-5/h1-4H2;1-4H2. The van der Waals surface area contributed by atoms with Crippen molar-refractivity contribution in [3.8, 4) is 0 Å². The number of rotatable bonds is 0. The zero-order valence-electron chi connectivity index (χ0n) is 8.79. The van der Waals surface area contributed by atoms with Crippen LogP contribution in [0.15, 0.2) is 12.2 Å². The lowest BCUT2D eigenvalue weighted by Crippen LogP contribution is -2.14. The Morgan fingerprint density at radius 3 is 2.00 bits per heavy atom. The lowest BCUT2D eigenvalue weighted by atomic mass is 10.1. The van der Waals surface area contributed by atoms with Crippen LogP contribution in [0.2, 0.25) is 0 Å². The molecule has 0 bridgehead atoms. The molecule has 2 saturated heterocycles. The smallest absolute Gasteiger partial charge is 0.333 e. The fraction of sp³-hybridized carbons (Fsp3) is 0.636. The van der Waals surface area contributed by atoms with Gasteiger partial charge in [0.1, 0.15) is 0 Å². The number of ether oxygens (including phenoxy) is 2. The minimum atomic E-state index is -0.226. The minimum absolute atomic E-state index is 0.0359. The average molecular weight is 212 g/mol. The molecule has 0 unspecified atom stereocenters. The van der Waals surface area contributed by atoms with Crippen LogP contribution in [0.4, 0.5) is 0 Å². The minimum Gasteiger partial charge on any atom is -0.466 e. The van der Waals surface area contributed by atoms with E-state index in [0.717, 1.165) is 25.7 Å². The van der Waals surface area contributed by atoms with Crippen LogP contribution < -0.4 is 0 Å². The van der Waals surface area contributed by atoms with Crippen molar-refractivity contribution in [3.05, 3.63) is 12.2 Å². The Morgan fingerprint density at radius 2 is 1.67 bits per heavy atom. The first-order valence-corrected chi connectivity index (χ1v) is 5.20. The van der Waals surface area contributed by atoms with Gasteiger partial charge < -0.3 is 9.47 Å². The van der Waals surface area contributed by atoms with Crippen LogP contribution >= 0.6 is 0 Å². The zero-order chi connectivity index (χ0) is 11.1. The quantitative estimate of drug-likeness (QED) is 0.452. The molecule has 4 heteroatoms. The molecule has 2 aliphatic rings. The molecular weight excluding hydrogens is 196 g/mol. The number of esters is 2. The van der Waals surface area contributed by atoms with Gasteiger partial charge in [0.25, 0.3) is 0 Å². The Bertz CT molecular complexity index is 233. The number of hydrogen-bond acceptors (Lipinski definition) is 4. The highest BCUT2D eigenvalue weighted by Crippen LogP contribution is 2.10. The molecule has 0 aromatic heterocycles. The maximum absolute atomic E-state index is 10.5. The molecule has 0 amide bonds. The van der Waals surface area contributed by atoms with Crippen molar-refractivity contribution in [3.63, 3.8) is 0 Å². The van der Waals surface area contributed by atoms with E-state index in [-0.39, 0.29) is 11.9 Å². The summed E-state index contributed by atoms with van der Waals surface area (Å²) in [6.45, 7) is 4.73. The zero-order valence-corrected chi connectivity index (χ0v) is 8.79. The Morgan fingerprint density at radius 1 is 0.933 bits per heavy atom. The predicted molar refractivity (Wildman–Crippen MR) is 54.1 cm³/mol. The summed E-state index contributed by atoms with van der Waals surface area (Å²) in [5.74, 6) is -0.262. The first-order valence-electron chi connectivity index (χ1n) is 5.20. The third-order valence-corrected chi connectivity index (χ3v) is 2.18. The van der Waals surface area contributed by atoms with Gasteiger partial charge in [-0.15, -0.1) is 0 Å². The molecule has 0 spiro atoms. The number of carbonyl (C=O) groups is 2. The number of hydrogen-bond donors (Lipinski definition) is 0. The van der Waals surface area contributed by atoms with Gasteiger partial charge in [0, 0.05) is 12.0 Å². The highest BCUT2D eigenvalue weighted by molar-refractivity contribution is 5.88. The van der Waals surface area contributed by atoms with Crippen molar-refractivity contribution in [1.29, 1.82) is 0 Å². The van der Waals surface area contributed by atoms with Gasteiger partial charge in [-0.25, -0.2) is 4.79 Å². The molecule has 0 radical (unpaired) electrons. The third kappa shape index (κ3) is 4.63. The highest BCUT2D eigenvalue weighted by Gasteiger charge is 2.12. The van der Waals surface area contributed by atoms with Crippen molar-refractivity contribution in [2.45, 2.75) is 32.1 Å². The van der Waals surface area contributed by atoms with Crippen molar-refractivity contribution < 1.29 is 19.1 Å². The van der Waals surface area contributed by atoms with Gasteiger partial charge in [0.2, 0.25) is 0 Å². The Labute approximate surface area is 89.2 Å². The van der Waals surface area contributed by atoms with Crippen LogP contribution in [0.3, 0.4) is 0 Å². The summed E-state index contributed by atoms with van der Waals surface area (Å²) >= 11 is 0. The molecule has 2 rings (SSSR count). The van der Waals surface area contributed by atoms with Gasteiger partial charge in [-0.2, -0.15) is 0 Å². The van der Waals surface area contributed by atoms with Crippen molar-refractivity contribution >= 4 is 11.9 Å². The second-order valence-corrected chi connectivity index (χ2v) is 3.52. The lowest BCUT2D eigenvalue weighted by Gasteiger charge is -2.11. The van der Waals surface area contributed by atoms with Crippen molar-refractivity contribution in [2.24, 2.45) is 0 Å². The van der Waals surface area contributed by atoms with Crippen molar-refractivity contribution in [2.75, 3.05) is 13.2 Å². The van der Waals surface area contributed by atoms with Crippen LogP contribution in [-0.4, -0.2) is 25.2 Å². The van der Waals surface area contributed by atoms with Crippen LogP contribution in [0.5, 0.6) is 0 Å². The first kappa shape index (κ1) is 11.8. The predicted octanol–water partition coefficient (Wildman–Crippen LogP) is 1.59. The molecule has 2 heterocycles. The maximum Gasteiger partial charge on any atom is 0.333 e. The van der Waals surface area contributed by atoms with E-state index in [4.69, 9.17) is 0 Å². The molecule has 4 nitrogen and oxygen atoms in total. The summed E-state index contributed by atoms with van der Waals surface area (Å²) in [5.41, 5.74) is 0.608. The second kappa shape index (κ2) is 6.22. The average Bonchev–Trinajstić information content (AvgIpc) is 2.25. The van der Waals surface area contributed by atoms with E-state index in [0.29, 0.717) is 25.2 Å². The van der Waals surface area contributed by atoms with E-state index in [2.05, 4.69) is 16.1 Å². The van der Waals surface area contributed by atoms with E-state index in [1.54, 1.807) is 0 Å². The molecule has 0 atom stereocenters. The third-order valence-electron chi connectivity index (χ3n) is 2.18. The SMILES string of the molecule is C=C1CCCOC1=O.O=C1CCCCO1. The van der Waals surface area contributed by atoms with Crippen LogP contribution in [0.25, 0.3) is 0 Å². The summed E-state index contributed by atoms with van der Waals surface area (Å²) in [6.07, 6.45) is 4.42. The fourth-order valence-corrected chi connectivity index (χ4v) is 1.28. The molecule has 0 aromatic carbocycles. The molecule has 0 aliphatic carbocycles. The molecule has 0 N–H and O–H groups in total. The molecule has 2 fully saturated rings. The van der Waals surface area contributed by atoms with E-state index in [1.165, 1.54) is 0 Å². The molecular formula is C11H16O4. The van der Waals surface area contributed by atoms with E-state index >= 15 is 0 Å². The Kier molecular flexibility index (Phi) is 4.87. The van der Waals surface area contributed by atoms with Crippen LogP contribution in [0, 0.1) is 0 Å². The maximum atomic E-state index is 10.5. The number of carbonyl (C=O) groups excluding carboxylic acids is 2. The molecule has 84 valence electrons. The summed E-state index contributed by atoms with van der Waals surface area (Å²) in [4.78, 5) is 20.7. The van der Waals surface area contributed by atoms with Crippen molar-refractivity contribution in [1.82, 2.24) is 0 Å². The second-order valence-electron chi connectivity index (χ2n) is 3.52. The van der Waals surface area contributed by atoms with Gasteiger partial charge in [0.15, 0.2) is 0 Å². The fourth-order valence-electron chi connectivity index (χ4n) is 1.28. The molecule has 15 heavy (non-hydrogen) atoms. The largest absolute Gasteiger partial charge is 0.466 e. The monoisotopic (exact) mass is 212 g/mol. The number of cyclic esters (lactones) is 2. The van der Waals surface area contributed by atoms with Crippen LogP contribution in [0.1, 0.15) is 32.1 Å². The van der Waals surface area contributed by atoms with E-state index < -0.39 is 0 Å². The van der Waals surface area contributed by atoms with E-state index in [1.807, 2.05) is 0 Å². The molecule has 0 saturated carbocycles. The Hall–Kier alpha value is -1.32. The summed E-state index contributed by atoms with van der Waals surface area (Å²) in [7, 11) is 0. The van der Waals surface area contributed by atoms with Gasteiger partial charge in [-0.05, 0) is 25.7 Å². The Balaban J connectivity index is 0.000000151. The molecule has 2 aliphatic heterocycles. The summed E-state index contributed by atoms with van der Waals surface area (Å²) < 4.78 is 9.29. The normalized spacial score (nSPS) is 20.9. The van der Waals surface area contributed by atoms with E-state index in [9.17, 15) is 9.59 Å². The lowest BCUT2D eigenvalue weighted by molar-refractivity contribution is -0.146. The first-order chi connectivity index (χ1) is 7.20. The topological polar surface area (TPSA) is 52.6 Å². The summed E-state index contributed by atoms with van der Waals surface area (Å²) in [6, 6.07) is 0. The molecule has 0 aromatic rings.